The first-order valence-corrected chi connectivity index (χ1v) is 9.66. The molecule has 0 aromatic rings. The Hall–Kier alpha value is 0.310. The van der Waals surface area contributed by atoms with Crippen LogP contribution in [0.5, 0.6) is 0 Å². The first kappa shape index (κ1) is 15.7. The van der Waals surface area contributed by atoms with Crippen molar-refractivity contribution in [2.24, 2.45) is 11.8 Å². The van der Waals surface area contributed by atoms with Crippen LogP contribution in [-0.4, -0.2) is 23.6 Å². The van der Waals surface area contributed by atoms with Gasteiger partial charge in [-0.3, -0.25) is 0 Å². The molecule has 0 saturated heterocycles. The lowest BCUT2D eigenvalue weighted by atomic mass is 9.89. The largest absolute Gasteiger partial charge is 0.313 e. The molecule has 2 atom stereocenters. The van der Waals surface area contributed by atoms with Crippen LogP contribution < -0.4 is 5.32 Å². The average Bonchev–Trinajstić information content (AvgIpc) is 2.74. The smallest absolute Gasteiger partial charge is 0.0281 e. The highest BCUT2D eigenvalue weighted by molar-refractivity contribution is 8.00. The van der Waals surface area contributed by atoms with E-state index >= 15 is 0 Å². The third-order valence-electron chi connectivity index (χ3n) is 5.62. The molecule has 0 aliphatic heterocycles. The lowest BCUT2D eigenvalue weighted by Crippen LogP contribution is -2.40. The van der Waals surface area contributed by atoms with E-state index in [-0.39, 0.29) is 0 Å². The van der Waals surface area contributed by atoms with Crippen molar-refractivity contribution in [2.75, 3.05) is 12.8 Å². The minimum Gasteiger partial charge on any atom is -0.313 e. The fourth-order valence-electron chi connectivity index (χ4n) is 4.00. The van der Waals surface area contributed by atoms with Gasteiger partial charge in [0.1, 0.15) is 0 Å². The van der Waals surface area contributed by atoms with E-state index < -0.39 is 0 Å². The molecule has 2 aliphatic carbocycles. The Bertz CT molecular complexity index is 258. The van der Waals surface area contributed by atoms with E-state index in [1.165, 1.54) is 64.3 Å². The maximum absolute atomic E-state index is 3.93. The van der Waals surface area contributed by atoms with E-state index in [1.54, 1.807) is 0 Å². The molecule has 0 radical (unpaired) electrons. The number of hydrogen-bond donors (Lipinski definition) is 1. The Kier molecular flexibility index (Phi) is 6.08. The summed E-state index contributed by atoms with van der Waals surface area (Å²) in [5.41, 5.74) is 0. The van der Waals surface area contributed by atoms with Crippen LogP contribution >= 0.6 is 11.8 Å². The van der Waals surface area contributed by atoms with Gasteiger partial charge in [-0.15, -0.1) is 0 Å². The molecule has 0 amide bonds. The van der Waals surface area contributed by atoms with Gasteiger partial charge in [0.05, 0.1) is 0 Å². The van der Waals surface area contributed by atoms with Gasteiger partial charge in [-0.2, -0.15) is 11.8 Å². The van der Waals surface area contributed by atoms with E-state index in [2.05, 4.69) is 37.2 Å². The second-order valence-corrected chi connectivity index (χ2v) is 8.46. The fourth-order valence-corrected chi connectivity index (χ4v) is 4.93. The van der Waals surface area contributed by atoms with Crippen molar-refractivity contribution < 1.29 is 0 Å². The van der Waals surface area contributed by atoms with Gasteiger partial charge in [0, 0.05) is 17.3 Å². The van der Waals surface area contributed by atoms with Gasteiger partial charge >= 0.3 is 0 Å². The predicted molar refractivity (Wildman–Crippen MR) is 87.9 cm³/mol. The molecule has 2 aliphatic rings. The summed E-state index contributed by atoms with van der Waals surface area (Å²) in [5, 5.41) is 3.93. The van der Waals surface area contributed by atoms with Crippen molar-refractivity contribution in [1.29, 1.82) is 0 Å². The number of hydrogen-bond acceptors (Lipinski definition) is 2. The second-order valence-electron chi connectivity index (χ2n) is 7.18. The first-order valence-electron chi connectivity index (χ1n) is 8.44. The average molecular weight is 284 g/mol. The molecule has 2 fully saturated rings. The van der Waals surface area contributed by atoms with Crippen LogP contribution in [0.3, 0.4) is 0 Å². The molecule has 0 heterocycles. The summed E-state index contributed by atoms with van der Waals surface area (Å²) in [6, 6.07) is 0.799. The molecule has 2 heteroatoms. The molecular weight excluding hydrogens is 250 g/mol. The second kappa shape index (κ2) is 7.36. The Balaban J connectivity index is 1.77. The van der Waals surface area contributed by atoms with Gasteiger partial charge in [-0.05, 0) is 50.2 Å². The lowest BCUT2D eigenvalue weighted by Gasteiger charge is -2.30. The minimum absolute atomic E-state index is 0.573. The summed E-state index contributed by atoms with van der Waals surface area (Å²) in [6.45, 7) is 6.06. The Labute approximate surface area is 124 Å². The topological polar surface area (TPSA) is 12.0 Å². The van der Waals surface area contributed by atoms with Crippen molar-refractivity contribution >= 4 is 11.8 Å². The molecule has 2 unspecified atom stereocenters. The first-order chi connectivity index (χ1) is 9.15. The maximum atomic E-state index is 3.93. The van der Waals surface area contributed by atoms with E-state index in [9.17, 15) is 0 Å². The van der Waals surface area contributed by atoms with Gasteiger partial charge in [0.25, 0.3) is 0 Å². The Morgan fingerprint density at radius 3 is 2.42 bits per heavy atom. The summed E-state index contributed by atoms with van der Waals surface area (Å²) in [7, 11) is 0. The molecule has 112 valence electrons. The van der Waals surface area contributed by atoms with Crippen LogP contribution in [-0.2, 0) is 0 Å². The maximum Gasteiger partial charge on any atom is 0.0281 e. The molecule has 0 aromatic carbocycles. The SMILES string of the molecule is CSC1(CNC2CCCC(C(C)C)CC2)CCCC1. The highest BCUT2D eigenvalue weighted by atomic mass is 32.2. The third kappa shape index (κ3) is 4.39. The molecule has 0 spiro atoms. The standard InChI is InChI=1S/C17H33NS/c1-14(2)15-7-6-8-16(10-9-15)18-13-17(19-3)11-4-5-12-17/h14-16,18H,4-13H2,1-3H3. The summed E-state index contributed by atoms with van der Waals surface area (Å²) in [6.07, 6.45) is 15.2. The Morgan fingerprint density at radius 2 is 1.79 bits per heavy atom. The third-order valence-corrected chi connectivity index (χ3v) is 7.04. The minimum atomic E-state index is 0.573. The number of rotatable bonds is 5. The summed E-state index contributed by atoms with van der Waals surface area (Å²) in [4.78, 5) is 0. The Morgan fingerprint density at radius 1 is 1.05 bits per heavy atom. The van der Waals surface area contributed by atoms with Crippen LogP contribution in [0.15, 0.2) is 0 Å². The zero-order valence-electron chi connectivity index (χ0n) is 13.2. The molecule has 19 heavy (non-hydrogen) atoms. The molecule has 1 nitrogen and oxygen atoms in total. The van der Waals surface area contributed by atoms with Crippen molar-refractivity contribution in [3.8, 4) is 0 Å². The van der Waals surface area contributed by atoms with Gasteiger partial charge in [0.2, 0.25) is 0 Å². The predicted octanol–water partition coefficient (Wildman–Crippen LogP) is 4.86. The van der Waals surface area contributed by atoms with Crippen molar-refractivity contribution in [3.63, 3.8) is 0 Å². The normalized spacial score (nSPS) is 31.6. The van der Waals surface area contributed by atoms with Crippen LogP contribution in [0, 0.1) is 11.8 Å². The molecule has 1 N–H and O–H groups in total. The monoisotopic (exact) mass is 283 g/mol. The van der Waals surface area contributed by atoms with Gasteiger partial charge in [-0.1, -0.05) is 39.5 Å². The summed E-state index contributed by atoms with van der Waals surface area (Å²) < 4.78 is 0.573. The van der Waals surface area contributed by atoms with E-state index in [1.807, 2.05) is 0 Å². The van der Waals surface area contributed by atoms with Crippen LogP contribution in [0.2, 0.25) is 0 Å². The lowest BCUT2D eigenvalue weighted by molar-refractivity contribution is 0.336. The van der Waals surface area contributed by atoms with Crippen molar-refractivity contribution in [2.45, 2.75) is 82.4 Å². The molecule has 0 bridgehead atoms. The highest BCUT2D eigenvalue weighted by Gasteiger charge is 2.33. The molecule has 2 saturated carbocycles. The van der Waals surface area contributed by atoms with E-state index in [0.29, 0.717) is 4.75 Å². The van der Waals surface area contributed by atoms with Crippen LogP contribution in [0.25, 0.3) is 0 Å². The quantitative estimate of drug-likeness (QED) is 0.723. The molecule has 2 rings (SSSR count). The zero-order chi connectivity index (χ0) is 13.7. The highest BCUT2D eigenvalue weighted by Crippen LogP contribution is 2.40. The van der Waals surface area contributed by atoms with Crippen LogP contribution in [0.1, 0.15) is 71.6 Å². The van der Waals surface area contributed by atoms with Gasteiger partial charge < -0.3 is 5.32 Å². The zero-order valence-corrected chi connectivity index (χ0v) is 14.0. The molecule has 0 aromatic heterocycles. The van der Waals surface area contributed by atoms with E-state index in [4.69, 9.17) is 0 Å². The number of thioether (sulfide) groups is 1. The number of nitrogens with one attached hydrogen (secondary N) is 1. The van der Waals surface area contributed by atoms with Gasteiger partial charge in [-0.25, -0.2) is 0 Å². The van der Waals surface area contributed by atoms with Gasteiger partial charge in [0.15, 0.2) is 0 Å². The molecular formula is C17H33NS. The van der Waals surface area contributed by atoms with E-state index in [0.717, 1.165) is 17.9 Å². The van der Waals surface area contributed by atoms with Crippen molar-refractivity contribution in [1.82, 2.24) is 5.32 Å². The summed E-state index contributed by atoms with van der Waals surface area (Å²) in [5.74, 6) is 1.86. The fraction of sp³-hybridized carbons (Fsp3) is 1.00. The van der Waals surface area contributed by atoms with Crippen molar-refractivity contribution in [3.05, 3.63) is 0 Å². The van der Waals surface area contributed by atoms with Crippen LogP contribution in [0.4, 0.5) is 0 Å². The summed E-state index contributed by atoms with van der Waals surface area (Å²) >= 11 is 2.12.